The maximum atomic E-state index is 2.37. The standard InChI is InChI=1S/C11H26B/c1-5-9-10-11-12(6-2,7-3)8-4/h5-11H2,1-4H3/q-1. The van der Waals surface area contributed by atoms with Crippen molar-refractivity contribution in [2.24, 2.45) is 0 Å². The van der Waals surface area contributed by atoms with Crippen LogP contribution in [0.15, 0.2) is 0 Å². The second kappa shape index (κ2) is 6.57. The van der Waals surface area contributed by atoms with Crippen molar-refractivity contribution in [2.75, 3.05) is 0 Å². The summed E-state index contributed by atoms with van der Waals surface area (Å²) >= 11 is 0. The fourth-order valence-electron chi connectivity index (χ4n) is 2.31. The van der Waals surface area contributed by atoms with Gasteiger partial charge >= 0.3 is 0 Å². The first-order chi connectivity index (χ1) is 5.74. The molecule has 0 fully saturated rings. The van der Waals surface area contributed by atoms with Gasteiger partial charge in [0.15, 0.2) is 0 Å². The number of rotatable bonds is 7. The quantitative estimate of drug-likeness (QED) is 0.383. The summed E-state index contributed by atoms with van der Waals surface area (Å²) in [7, 11) is 0. The van der Waals surface area contributed by atoms with Gasteiger partial charge in [0.2, 0.25) is 0 Å². The van der Waals surface area contributed by atoms with Crippen LogP contribution in [0.3, 0.4) is 0 Å². The summed E-state index contributed by atoms with van der Waals surface area (Å²) in [5, 5.41) is 0. The molecule has 0 amide bonds. The monoisotopic (exact) mass is 169 g/mol. The lowest BCUT2D eigenvalue weighted by atomic mass is 9.19. The number of hydrogen-bond donors (Lipinski definition) is 0. The molecule has 0 N–H and O–H groups in total. The summed E-state index contributed by atoms with van der Waals surface area (Å²) in [6.07, 6.45) is 10.1. The minimum Gasteiger partial charge on any atom is -0.181 e. The van der Waals surface area contributed by atoms with Crippen LogP contribution >= 0.6 is 0 Å². The van der Waals surface area contributed by atoms with Gasteiger partial charge in [0, 0.05) is 0 Å². The van der Waals surface area contributed by atoms with Crippen molar-refractivity contribution in [3.8, 4) is 0 Å². The lowest BCUT2D eigenvalue weighted by Crippen LogP contribution is -2.30. The van der Waals surface area contributed by atoms with Gasteiger partial charge in [0.05, 0.1) is 0 Å². The van der Waals surface area contributed by atoms with Crippen molar-refractivity contribution in [2.45, 2.75) is 72.2 Å². The molecule has 0 aliphatic carbocycles. The summed E-state index contributed by atoms with van der Waals surface area (Å²) in [5.41, 5.74) is 0. The minimum atomic E-state index is 0.0321. The zero-order chi connectivity index (χ0) is 9.45. The highest BCUT2D eigenvalue weighted by molar-refractivity contribution is 6.79. The second-order valence-corrected chi connectivity index (χ2v) is 4.45. The van der Waals surface area contributed by atoms with E-state index < -0.39 is 0 Å². The van der Waals surface area contributed by atoms with Gasteiger partial charge in [0.25, 0.3) is 0 Å². The van der Waals surface area contributed by atoms with E-state index in [1.54, 1.807) is 0 Å². The molecule has 0 aliphatic heterocycles. The summed E-state index contributed by atoms with van der Waals surface area (Å²) in [6, 6.07) is 0. The maximum Gasteiger partial charge on any atom is -0.000221 e. The summed E-state index contributed by atoms with van der Waals surface area (Å²) < 4.78 is 0. The normalized spacial score (nSPS) is 12.0. The fourth-order valence-corrected chi connectivity index (χ4v) is 2.31. The van der Waals surface area contributed by atoms with Gasteiger partial charge in [0.1, 0.15) is 0 Å². The van der Waals surface area contributed by atoms with E-state index in [1.165, 1.54) is 44.5 Å². The topological polar surface area (TPSA) is 0 Å². The van der Waals surface area contributed by atoms with Crippen molar-refractivity contribution < 1.29 is 0 Å². The van der Waals surface area contributed by atoms with E-state index in [0.29, 0.717) is 0 Å². The molecule has 0 radical (unpaired) electrons. The Morgan fingerprint density at radius 1 is 0.750 bits per heavy atom. The molecule has 74 valence electrons. The first kappa shape index (κ1) is 12.1. The first-order valence-corrected chi connectivity index (χ1v) is 5.96. The van der Waals surface area contributed by atoms with E-state index in [4.69, 9.17) is 0 Å². The lowest BCUT2D eigenvalue weighted by Gasteiger charge is -2.36. The Kier molecular flexibility index (Phi) is 6.60. The third-order valence-corrected chi connectivity index (χ3v) is 4.02. The molecule has 0 aromatic carbocycles. The Bertz CT molecular complexity index is 86.9. The van der Waals surface area contributed by atoms with Crippen LogP contribution in [0.4, 0.5) is 0 Å². The predicted octanol–water partition coefficient (Wildman–Crippen LogP) is 4.69. The Balaban J connectivity index is 3.76. The van der Waals surface area contributed by atoms with Gasteiger partial charge in [-0.05, 0) is 6.15 Å². The molecule has 0 spiro atoms. The highest BCUT2D eigenvalue weighted by Gasteiger charge is 2.16. The van der Waals surface area contributed by atoms with Crippen molar-refractivity contribution in [1.29, 1.82) is 0 Å². The van der Waals surface area contributed by atoms with Crippen LogP contribution in [0.2, 0.25) is 25.3 Å². The van der Waals surface area contributed by atoms with E-state index in [1.807, 2.05) is 0 Å². The fraction of sp³-hybridized carbons (Fsp3) is 1.00. The molecule has 1 heteroatoms. The van der Waals surface area contributed by atoms with Crippen LogP contribution in [0.25, 0.3) is 0 Å². The molecule has 0 atom stereocenters. The molecular weight excluding hydrogens is 143 g/mol. The number of unbranched alkanes of at least 4 members (excludes halogenated alkanes) is 2. The summed E-state index contributed by atoms with van der Waals surface area (Å²) in [4.78, 5) is 0. The molecule has 0 aromatic rings. The highest BCUT2D eigenvalue weighted by Crippen LogP contribution is 2.27. The van der Waals surface area contributed by atoms with Crippen LogP contribution in [-0.2, 0) is 0 Å². The average Bonchev–Trinajstić information content (AvgIpc) is 2.14. The number of hydrogen-bond acceptors (Lipinski definition) is 0. The molecule has 0 saturated carbocycles. The Hall–Kier alpha value is 0.0649. The van der Waals surface area contributed by atoms with E-state index in [2.05, 4.69) is 27.7 Å². The average molecular weight is 169 g/mol. The predicted molar refractivity (Wildman–Crippen MR) is 61.5 cm³/mol. The molecular formula is C11H26B-. The van der Waals surface area contributed by atoms with Crippen LogP contribution in [0, 0.1) is 0 Å². The minimum absolute atomic E-state index is 0.0321. The van der Waals surface area contributed by atoms with E-state index in [-0.39, 0.29) is 6.15 Å². The van der Waals surface area contributed by atoms with Crippen molar-refractivity contribution in [3.63, 3.8) is 0 Å². The van der Waals surface area contributed by atoms with Gasteiger partial charge in [-0.3, -0.25) is 0 Å². The third kappa shape index (κ3) is 3.64. The molecule has 0 rings (SSSR count). The van der Waals surface area contributed by atoms with Crippen molar-refractivity contribution in [3.05, 3.63) is 0 Å². The first-order valence-electron chi connectivity index (χ1n) is 5.96. The molecule has 0 aromatic heterocycles. The van der Waals surface area contributed by atoms with Crippen LogP contribution in [-0.4, -0.2) is 6.15 Å². The maximum absolute atomic E-state index is 2.37. The van der Waals surface area contributed by atoms with Crippen molar-refractivity contribution in [1.82, 2.24) is 0 Å². The molecule has 0 saturated heterocycles. The largest absolute Gasteiger partial charge is 0.181 e. The van der Waals surface area contributed by atoms with Crippen LogP contribution < -0.4 is 0 Å². The molecule has 0 aliphatic rings. The summed E-state index contributed by atoms with van der Waals surface area (Å²) in [6.45, 7) is 9.41. The zero-order valence-electron chi connectivity index (χ0n) is 9.53. The molecule has 0 unspecified atom stereocenters. The molecule has 0 bridgehead atoms. The van der Waals surface area contributed by atoms with Crippen LogP contribution in [0.1, 0.15) is 47.0 Å². The van der Waals surface area contributed by atoms with E-state index in [9.17, 15) is 0 Å². The third-order valence-electron chi connectivity index (χ3n) is 4.02. The zero-order valence-corrected chi connectivity index (χ0v) is 9.53. The smallest absolute Gasteiger partial charge is 0.000221 e. The molecule has 12 heavy (non-hydrogen) atoms. The highest BCUT2D eigenvalue weighted by atomic mass is 13.9. The van der Waals surface area contributed by atoms with Crippen molar-refractivity contribution >= 4 is 6.15 Å². The Morgan fingerprint density at radius 3 is 1.58 bits per heavy atom. The molecule has 0 nitrogen and oxygen atoms in total. The SMILES string of the molecule is CCCCC[B-](CC)(CC)CC. The van der Waals surface area contributed by atoms with E-state index >= 15 is 0 Å². The van der Waals surface area contributed by atoms with Gasteiger partial charge in [-0.1, -0.05) is 47.0 Å². The summed E-state index contributed by atoms with van der Waals surface area (Å²) in [5.74, 6) is 0. The van der Waals surface area contributed by atoms with Gasteiger partial charge in [-0.25, -0.2) is 0 Å². The molecule has 0 heterocycles. The Morgan fingerprint density at radius 2 is 1.25 bits per heavy atom. The Labute approximate surface area is 79.0 Å². The van der Waals surface area contributed by atoms with Crippen LogP contribution in [0.5, 0.6) is 0 Å². The second-order valence-electron chi connectivity index (χ2n) is 4.45. The lowest BCUT2D eigenvalue weighted by molar-refractivity contribution is 0.756. The van der Waals surface area contributed by atoms with Gasteiger partial charge in [-0.15, -0.1) is 0 Å². The van der Waals surface area contributed by atoms with Gasteiger partial charge in [-0.2, -0.15) is 25.3 Å². The van der Waals surface area contributed by atoms with E-state index in [0.717, 1.165) is 0 Å². The van der Waals surface area contributed by atoms with Gasteiger partial charge < -0.3 is 0 Å².